The fraction of sp³-hybridized carbons (Fsp3) is 0.652. The molecule has 0 saturated heterocycles. The van der Waals surface area contributed by atoms with Crippen LogP contribution in [-0.4, -0.2) is 0 Å². The van der Waals surface area contributed by atoms with Crippen LogP contribution in [0.25, 0.3) is 0 Å². The van der Waals surface area contributed by atoms with Crippen molar-refractivity contribution in [3.05, 3.63) is 46.0 Å². The molecule has 0 N–H and O–H groups in total. The lowest BCUT2D eigenvalue weighted by molar-refractivity contribution is 0.241. The van der Waals surface area contributed by atoms with Crippen molar-refractivity contribution in [1.82, 2.24) is 0 Å². The van der Waals surface area contributed by atoms with Crippen LogP contribution in [0.15, 0.2) is 40.4 Å². The molecule has 3 rings (SSSR count). The minimum atomic E-state index is -0.418. The van der Waals surface area contributed by atoms with Crippen molar-refractivity contribution >= 4 is 15.9 Å². The molecule has 1 aromatic carbocycles. The van der Waals surface area contributed by atoms with Crippen molar-refractivity contribution in [3.8, 4) is 0 Å². The standard InChI is InChI=1S/C23H31BrF2/c1-2-3-16-4-6-19(7-5-16)22(25)23(26)20-10-8-17(9-11-20)18-12-14-21(24)15-13-18/h12-17,19-20H,2-11H2,1H3/b23-22+. The summed E-state index contributed by atoms with van der Waals surface area (Å²) in [5, 5.41) is 0. The Morgan fingerprint density at radius 3 is 1.85 bits per heavy atom. The van der Waals surface area contributed by atoms with Gasteiger partial charge < -0.3 is 0 Å². The molecule has 0 radical (unpaired) electrons. The van der Waals surface area contributed by atoms with Crippen LogP contribution in [0.1, 0.15) is 82.6 Å². The van der Waals surface area contributed by atoms with E-state index in [1.165, 1.54) is 18.4 Å². The third kappa shape index (κ3) is 4.97. The van der Waals surface area contributed by atoms with Gasteiger partial charge in [-0.3, -0.25) is 0 Å². The van der Waals surface area contributed by atoms with E-state index in [0.29, 0.717) is 5.92 Å². The second kappa shape index (κ2) is 9.48. The molecule has 2 aliphatic carbocycles. The van der Waals surface area contributed by atoms with E-state index >= 15 is 0 Å². The molecule has 0 spiro atoms. The minimum absolute atomic E-state index is 0.160. The zero-order valence-corrected chi connectivity index (χ0v) is 17.4. The third-order valence-corrected chi connectivity index (χ3v) is 7.09. The first-order valence-corrected chi connectivity index (χ1v) is 11.2. The van der Waals surface area contributed by atoms with Gasteiger partial charge in [0.1, 0.15) is 11.7 Å². The molecule has 0 atom stereocenters. The Balaban J connectivity index is 1.54. The molecule has 2 fully saturated rings. The van der Waals surface area contributed by atoms with Gasteiger partial charge in [-0.2, -0.15) is 0 Å². The lowest BCUT2D eigenvalue weighted by Crippen LogP contribution is -2.18. The van der Waals surface area contributed by atoms with Crippen LogP contribution in [0.4, 0.5) is 8.78 Å². The summed E-state index contributed by atoms with van der Waals surface area (Å²) in [6, 6.07) is 8.43. The van der Waals surface area contributed by atoms with E-state index in [-0.39, 0.29) is 11.8 Å². The molecule has 0 aromatic heterocycles. The zero-order chi connectivity index (χ0) is 18.5. The first-order valence-electron chi connectivity index (χ1n) is 10.4. The Kier molecular flexibility index (Phi) is 7.31. The average molecular weight is 425 g/mol. The lowest BCUT2D eigenvalue weighted by atomic mass is 9.76. The van der Waals surface area contributed by atoms with Crippen LogP contribution in [0.3, 0.4) is 0 Å². The molecule has 2 aliphatic rings. The molecular formula is C23H31BrF2. The molecule has 0 heterocycles. The Morgan fingerprint density at radius 1 is 0.846 bits per heavy atom. The van der Waals surface area contributed by atoms with Crippen molar-refractivity contribution in [2.24, 2.45) is 17.8 Å². The molecule has 0 unspecified atom stereocenters. The van der Waals surface area contributed by atoms with Crippen molar-refractivity contribution in [2.75, 3.05) is 0 Å². The zero-order valence-electron chi connectivity index (χ0n) is 15.8. The maximum atomic E-state index is 14.8. The molecule has 0 bridgehead atoms. The summed E-state index contributed by atoms with van der Waals surface area (Å²) in [5.41, 5.74) is 1.32. The van der Waals surface area contributed by atoms with Gasteiger partial charge in [0, 0.05) is 16.3 Å². The van der Waals surface area contributed by atoms with E-state index in [9.17, 15) is 8.78 Å². The van der Waals surface area contributed by atoms with Crippen molar-refractivity contribution < 1.29 is 8.78 Å². The van der Waals surface area contributed by atoms with Crippen LogP contribution in [-0.2, 0) is 0 Å². The second-order valence-electron chi connectivity index (χ2n) is 8.30. The minimum Gasteiger partial charge on any atom is -0.209 e. The van der Waals surface area contributed by atoms with Crippen molar-refractivity contribution in [1.29, 1.82) is 0 Å². The quantitative estimate of drug-likeness (QED) is 0.444. The summed E-state index contributed by atoms with van der Waals surface area (Å²) in [6.07, 6.45) is 9.67. The van der Waals surface area contributed by atoms with E-state index < -0.39 is 11.7 Å². The number of hydrogen-bond acceptors (Lipinski definition) is 0. The van der Waals surface area contributed by atoms with Crippen molar-refractivity contribution in [3.63, 3.8) is 0 Å². The molecule has 0 aliphatic heterocycles. The second-order valence-corrected chi connectivity index (χ2v) is 9.22. The summed E-state index contributed by atoms with van der Waals surface area (Å²) in [6.45, 7) is 2.21. The lowest BCUT2D eigenvalue weighted by Gasteiger charge is -2.31. The smallest absolute Gasteiger partial charge is 0.135 e. The molecule has 144 valence electrons. The summed E-state index contributed by atoms with van der Waals surface area (Å²) >= 11 is 3.47. The van der Waals surface area contributed by atoms with E-state index in [1.807, 2.05) is 0 Å². The molecule has 0 amide bonds. The fourth-order valence-corrected chi connectivity index (χ4v) is 5.18. The number of allylic oxidation sites excluding steroid dienone is 2. The van der Waals surface area contributed by atoms with E-state index in [2.05, 4.69) is 47.1 Å². The topological polar surface area (TPSA) is 0 Å². The fourth-order valence-electron chi connectivity index (χ4n) is 4.92. The van der Waals surface area contributed by atoms with Gasteiger partial charge in [-0.05, 0) is 80.9 Å². The third-order valence-electron chi connectivity index (χ3n) is 6.56. The number of halogens is 3. The van der Waals surface area contributed by atoms with Gasteiger partial charge in [-0.1, -0.05) is 47.8 Å². The van der Waals surface area contributed by atoms with E-state index in [1.54, 1.807) is 0 Å². The Hall–Kier alpha value is -0.700. The maximum Gasteiger partial charge on any atom is 0.135 e. The number of benzene rings is 1. The Labute approximate surface area is 165 Å². The SMILES string of the molecule is CCCC1CCC(/C(F)=C(\F)C2CCC(c3ccc(Br)cc3)CC2)CC1. The normalized spacial score (nSPS) is 30.8. The van der Waals surface area contributed by atoms with Crippen LogP contribution >= 0.6 is 15.9 Å². The predicted molar refractivity (Wildman–Crippen MR) is 108 cm³/mol. The van der Waals surface area contributed by atoms with E-state index in [4.69, 9.17) is 0 Å². The molecule has 0 nitrogen and oxygen atoms in total. The van der Waals surface area contributed by atoms with Crippen LogP contribution < -0.4 is 0 Å². The number of hydrogen-bond donors (Lipinski definition) is 0. The Morgan fingerprint density at radius 2 is 1.35 bits per heavy atom. The van der Waals surface area contributed by atoms with Gasteiger partial charge in [0.15, 0.2) is 0 Å². The molecular weight excluding hydrogens is 394 g/mol. The highest BCUT2D eigenvalue weighted by molar-refractivity contribution is 9.10. The highest BCUT2D eigenvalue weighted by atomic mass is 79.9. The monoisotopic (exact) mass is 424 g/mol. The predicted octanol–water partition coefficient (Wildman–Crippen LogP) is 8.48. The van der Waals surface area contributed by atoms with Gasteiger partial charge in [-0.25, -0.2) is 8.78 Å². The number of rotatable bonds is 5. The largest absolute Gasteiger partial charge is 0.209 e. The van der Waals surface area contributed by atoms with Gasteiger partial charge in [0.2, 0.25) is 0 Å². The molecule has 3 heteroatoms. The van der Waals surface area contributed by atoms with Gasteiger partial charge >= 0.3 is 0 Å². The maximum absolute atomic E-state index is 14.8. The highest BCUT2D eigenvalue weighted by Gasteiger charge is 2.31. The molecule has 26 heavy (non-hydrogen) atoms. The van der Waals surface area contributed by atoms with Crippen LogP contribution in [0.5, 0.6) is 0 Å². The average Bonchev–Trinajstić information content (AvgIpc) is 2.68. The van der Waals surface area contributed by atoms with E-state index in [0.717, 1.165) is 61.8 Å². The summed E-state index contributed by atoms with van der Waals surface area (Å²) in [7, 11) is 0. The summed E-state index contributed by atoms with van der Waals surface area (Å²) in [5.74, 6) is 0.0285. The van der Waals surface area contributed by atoms with Crippen LogP contribution in [0.2, 0.25) is 0 Å². The van der Waals surface area contributed by atoms with Gasteiger partial charge in [-0.15, -0.1) is 0 Å². The molecule has 1 aromatic rings. The van der Waals surface area contributed by atoms with Crippen molar-refractivity contribution in [2.45, 2.75) is 77.0 Å². The molecule has 2 saturated carbocycles. The van der Waals surface area contributed by atoms with Gasteiger partial charge in [0.05, 0.1) is 0 Å². The van der Waals surface area contributed by atoms with Crippen LogP contribution in [0, 0.1) is 17.8 Å². The highest BCUT2D eigenvalue weighted by Crippen LogP contribution is 2.43. The summed E-state index contributed by atoms with van der Waals surface area (Å²) < 4.78 is 30.6. The first-order chi connectivity index (χ1) is 12.6. The van der Waals surface area contributed by atoms with Gasteiger partial charge in [0.25, 0.3) is 0 Å². The first kappa shape index (κ1) is 20.0. The Bertz CT molecular complexity index is 591. The summed E-state index contributed by atoms with van der Waals surface area (Å²) in [4.78, 5) is 0.